The van der Waals surface area contributed by atoms with Crippen LogP contribution in [0.5, 0.6) is 5.75 Å². The van der Waals surface area contributed by atoms with Crippen LogP contribution in [0.4, 0.5) is 0 Å². The molecular weight excluding hydrogens is 188 g/mol. The summed E-state index contributed by atoms with van der Waals surface area (Å²) in [5.41, 5.74) is 0.988. The first-order chi connectivity index (χ1) is 7.43. The fourth-order valence-corrected chi connectivity index (χ4v) is 1.70. The molecule has 1 fully saturated rings. The second-order valence-electron chi connectivity index (χ2n) is 3.72. The summed E-state index contributed by atoms with van der Waals surface area (Å²) in [7, 11) is 0. The van der Waals surface area contributed by atoms with E-state index in [0.29, 0.717) is 6.10 Å². The third kappa shape index (κ3) is 1.55. The van der Waals surface area contributed by atoms with E-state index in [0.717, 1.165) is 29.7 Å². The lowest BCUT2D eigenvalue weighted by Crippen LogP contribution is -2.50. The Morgan fingerprint density at radius 3 is 2.93 bits per heavy atom. The summed E-state index contributed by atoms with van der Waals surface area (Å²) in [4.78, 5) is 4.30. The van der Waals surface area contributed by atoms with Crippen molar-refractivity contribution in [2.75, 3.05) is 13.1 Å². The monoisotopic (exact) mass is 200 g/mol. The first kappa shape index (κ1) is 8.68. The SMILES string of the molecule is c1cc(OC2CNC2)c2cccnc2c1. The Morgan fingerprint density at radius 1 is 1.20 bits per heavy atom. The number of benzene rings is 1. The molecule has 1 saturated heterocycles. The average Bonchev–Trinajstić information content (AvgIpc) is 2.23. The number of aromatic nitrogens is 1. The van der Waals surface area contributed by atoms with E-state index in [1.165, 1.54) is 0 Å². The Kier molecular flexibility index (Phi) is 2.03. The van der Waals surface area contributed by atoms with Crippen molar-refractivity contribution < 1.29 is 4.74 Å². The molecule has 2 heterocycles. The zero-order valence-electron chi connectivity index (χ0n) is 8.31. The first-order valence-electron chi connectivity index (χ1n) is 5.14. The lowest BCUT2D eigenvalue weighted by molar-refractivity contribution is 0.144. The molecule has 0 unspecified atom stereocenters. The van der Waals surface area contributed by atoms with Gasteiger partial charge in [0.15, 0.2) is 0 Å². The highest BCUT2D eigenvalue weighted by Crippen LogP contribution is 2.25. The van der Waals surface area contributed by atoms with Gasteiger partial charge in [-0.2, -0.15) is 0 Å². The second-order valence-corrected chi connectivity index (χ2v) is 3.72. The number of pyridine rings is 1. The molecule has 0 atom stereocenters. The molecule has 0 amide bonds. The molecule has 1 aromatic heterocycles. The van der Waals surface area contributed by atoms with E-state index in [-0.39, 0.29) is 0 Å². The van der Waals surface area contributed by atoms with Gasteiger partial charge in [-0.3, -0.25) is 4.98 Å². The quantitative estimate of drug-likeness (QED) is 0.799. The van der Waals surface area contributed by atoms with Gasteiger partial charge in [0.25, 0.3) is 0 Å². The van der Waals surface area contributed by atoms with Crippen molar-refractivity contribution in [2.24, 2.45) is 0 Å². The van der Waals surface area contributed by atoms with Gasteiger partial charge in [-0.1, -0.05) is 6.07 Å². The van der Waals surface area contributed by atoms with Gasteiger partial charge >= 0.3 is 0 Å². The molecule has 0 bridgehead atoms. The molecule has 1 aromatic carbocycles. The third-order valence-corrected chi connectivity index (χ3v) is 2.64. The van der Waals surface area contributed by atoms with Gasteiger partial charge in [0.05, 0.1) is 5.52 Å². The fourth-order valence-electron chi connectivity index (χ4n) is 1.70. The fraction of sp³-hybridized carbons (Fsp3) is 0.250. The summed E-state index contributed by atoms with van der Waals surface area (Å²) in [5, 5.41) is 4.28. The molecule has 0 radical (unpaired) electrons. The third-order valence-electron chi connectivity index (χ3n) is 2.64. The summed E-state index contributed by atoms with van der Waals surface area (Å²) >= 11 is 0. The molecular formula is C12H12N2O. The average molecular weight is 200 g/mol. The lowest BCUT2D eigenvalue weighted by Gasteiger charge is -2.28. The van der Waals surface area contributed by atoms with Crippen LogP contribution in [0.25, 0.3) is 10.9 Å². The largest absolute Gasteiger partial charge is 0.487 e. The molecule has 15 heavy (non-hydrogen) atoms. The van der Waals surface area contributed by atoms with Gasteiger partial charge in [0.2, 0.25) is 0 Å². The topological polar surface area (TPSA) is 34.1 Å². The van der Waals surface area contributed by atoms with Crippen LogP contribution in [0.3, 0.4) is 0 Å². The van der Waals surface area contributed by atoms with Crippen molar-refractivity contribution in [3.8, 4) is 5.75 Å². The van der Waals surface area contributed by atoms with Crippen molar-refractivity contribution in [3.63, 3.8) is 0 Å². The predicted molar refractivity (Wildman–Crippen MR) is 59.0 cm³/mol. The van der Waals surface area contributed by atoms with Gasteiger partial charge in [-0.05, 0) is 24.3 Å². The number of ether oxygens (including phenoxy) is 1. The van der Waals surface area contributed by atoms with Gasteiger partial charge in [-0.25, -0.2) is 0 Å². The number of nitrogens with zero attached hydrogens (tertiary/aromatic N) is 1. The molecule has 1 aliphatic rings. The molecule has 0 saturated carbocycles. The molecule has 2 aromatic rings. The predicted octanol–water partition coefficient (Wildman–Crippen LogP) is 1.59. The van der Waals surface area contributed by atoms with Crippen molar-refractivity contribution in [1.82, 2.24) is 10.3 Å². The van der Waals surface area contributed by atoms with Crippen LogP contribution in [-0.2, 0) is 0 Å². The normalized spacial score (nSPS) is 16.3. The molecule has 0 spiro atoms. The zero-order valence-corrected chi connectivity index (χ0v) is 8.31. The Balaban J connectivity index is 2.01. The lowest BCUT2D eigenvalue weighted by atomic mass is 10.2. The van der Waals surface area contributed by atoms with Crippen LogP contribution in [0.15, 0.2) is 36.5 Å². The van der Waals surface area contributed by atoms with E-state index in [1.807, 2.05) is 30.3 Å². The minimum Gasteiger partial charge on any atom is -0.487 e. The van der Waals surface area contributed by atoms with Gasteiger partial charge in [0.1, 0.15) is 11.9 Å². The molecule has 1 N–H and O–H groups in total. The van der Waals surface area contributed by atoms with Crippen molar-refractivity contribution in [3.05, 3.63) is 36.5 Å². The van der Waals surface area contributed by atoms with Gasteiger partial charge in [0, 0.05) is 24.7 Å². The van der Waals surface area contributed by atoms with Crippen LogP contribution in [0, 0.1) is 0 Å². The smallest absolute Gasteiger partial charge is 0.129 e. The molecule has 76 valence electrons. The van der Waals surface area contributed by atoms with Crippen LogP contribution in [-0.4, -0.2) is 24.2 Å². The highest BCUT2D eigenvalue weighted by atomic mass is 16.5. The highest BCUT2D eigenvalue weighted by molar-refractivity contribution is 5.84. The first-order valence-corrected chi connectivity index (χ1v) is 5.14. The minimum absolute atomic E-state index is 0.316. The number of fused-ring (bicyclic) bond motifs is 1. The number of hydrogen-bond acceptors (Lipinski definition) is 3. The van der Waals surface area contributed by atoms with E-state index in [4.69, 9.17) is 4.74 Å². The summed E-state index contributed by atoms with van der Waals surface area (Å²) < 4.78 is 5.86. The van der Waals surface area contributed by atoms with E-state index in [9.17, 15) is 0 Å². The minimum atomic E-state index is 0.316. The van der Waals surface area contributed by atoms with Crippen LogP contribution < -0.4 is 10.1 Å². The maximum absolute atomic E-state index is 5.86. The van der Waals surface area contributed by atoms with Crippen molar-refractivity contribution >= 4 is 10.9 Å². The van der Waals surface area contributed by atoms with Crippen molar-refractivity contribution in [2.45, 2.75) is 6.10 Å². The van der Waals surface area contributed by atoms with Crippen LogP contribution in [0.2, 0.25) is 0 Å². The summed E-state index contributed by atoms with van der Waals surface area (Å²) in [6.07, 6.45) is 2.12. The highest BCUT2D eigenvalue weighted by Gasteiger charge is 2.18. The zero-order chi connectivity index (χ0) is 10.1. The Bertz CT molecular complexity index is 475. The maximum Gasteiger partial charge on any atom is 0.129 e. The Labute approximate surface area is 88.1 Å². The van der Waals surface area contributed by atoms with Gasteiger partial charge < -0.3 is 10.1 Å². The summed E-state index contributed by atoms with van der Waals surface area (Å²) in [5.74, 6) is 0.937. The molecule has 3 heteroatoms. The van der Waals surface area contributed by atoms with Gasteiger partial charge in [-0.15, -0.1) is 0 Å². The molecule has 3 nitrogen and oxygen atoms in total. The molecule has 3 rings (SSSR count). The second kappa shape index (κ2) is 3.51. The maximum atomic E-state index is 5.86. The van der Waals surface area contributed by atoms with E-state index in [2.05, 4.69) is 10.3 Å². The molecule has 1 aliphatic heterocycles. The van der Waals surface area contributed by atoms with Crippen molar-refractivity contribution in [1.29, 1.82) is 0 Å². The number of rotatable bonds is 2. The van der Waals surface area contributed by atoms with Crippen LogP contribution in [0.1, 0.15) is 0 Å². The van der Waals surface area contributed by atoms with E-state index >= 15 is 0 Å². The summed E-state index contributed by atoms with van der Waals surface area (Å²) in [6.45, 7) is 1.88. The van der Waals surface area contributed by atoms with E-state index in [1.54, 1.807) is 6.20 Å². The Morgan fingerprint density at radius 2 is 2.13 bits per heavy atom. The molecule has 0 aliphatic carbocycles. The number of hydrogen-bond donors (Lipinski definition) is 1. The van der Waals surface area contributed by atoms with E-state index < -0.39 is 0 Å². The van der Waals surface area contributed by atoms with Crippen LogP contribution >= 0.6 is 0 Å². The number of nitrogens with one attached hydrogen (secondary N) is 1. The summed E-state index contributed by atoms with van der Waals surface area (Å²) in [6, 6.07) is 9.97. The standard InChI is InChI=1S/C12H12N2O/c1-4-11-10(3-2-6-14-11)12(5-1)15-9-7-13-8-9/h1-6,9,13H,7-8H2. The Hall–Kier alpha value is -1.61.